The maximum Gasteiger partial charge on any atom is 0.114 e. The van der Waals surface area contributed by atoms with Gasteiger partial charge in [0, 0.05) is 24.3 Å². The molecule has 0 unspecified atom stereocenters. The molecule has 0 aliphatic heterocycles. The first kappa shape index (κ1) is 11.5. The standard InChI is InChI=1S/C16H16N4/c17-12-3-1-11(2-4-12)9-16-19-14-10-18-8-7-15(14)20(16)13-5-6-13/h1-4,7-8,10,13H,5-6,9,17H2. The maximum absolute atomic E-state index is 5.74. The van der Waals surface area contributed by atoms with Crippen LogP contribution in [0.4, 0.5) is 5.69 Å². The Labute approximate surface area is 117 Å². The Kier molecular flexibility index (Phi) is 2.49. The highest BCUT2D eigenvalue weighted by molar-refractivity contribution is 5.75. The number of anilines is 1. The molecule has 1 fully saturated rings. The van der Waals surface area contributed by atoms with E-state index in [0.717, 1.165) is 23.4 Å². The first-order valence-electron chi connectivity index (χ1n) is 6.96. The van der Waals surface area contributed by atoms with Gasteiger partial charge in [-0.15, -0.1) is 0 Å². The molecule has 0 bridgehead atoms. The van der Waals surface area contributed by atoms with Crippen LogP contribution in [0.25, 0.3) is 11.0 Å². The van der Waals surface area contributed by atoms with Crippen LogP contribution < -0.4 is 5.73 Å². The number of nitrogen functional groups attached to an aromatic ring is 1. The summed E-state index contributed by atoms with van der Waals surface area (Å²) in [4.78, 5) is 8.93. The second-order valence-corrected chi connectivity index (χ2v) is 5.41. The van der Waals surface area contributed by atoms with E-state index in [-0.39, 0.29) is 0 Å². The largest absolute Gasteiger partial charge is 0.399 e. The van der Waals surface area contributed by atoms with Crippen LogP contribution in [0.1, 0.15) is 30.3 Å². The van der Waals surface area contributed by atoms with E-state index in [1.807, 2.05) is 24.5 Å². The number of nitrogens with two attached hydrogens (primary N) is 1. The summed E-state index contributed by atoms with van der Waals surface area (Å²) in [6.45, 7) is 0. The quantitative estimate of drug-likeness (QED) is 0.740. The zero-order chi connectivity index (χ0) is 13.5. The van der Waals surface area contributed by atoms with Crippen molar-refractivity contribution in [3.05, 3.63) is 54.1 Å². The number of benzene rings is 1. The molecule has 0 radical (unpaired) electrons. The smallest absolute Gasteiger partial charge is 0.114 e. The Bertz CT molecular complexity index is 754. The van der Waals surface area contributed by atoms with Gasteiger partial charge in [0.2, 0.25) is 0 Å². The summed E-state index contributed by atoms with van der Waals surface area (Å²) in [5.74, 6) is 1.13. The fourth-order valence-electron chi connectivity index (χ4n) is 2.68. The molecule has 0 spiro atoms. The van der Waals surface area contributed by atoms with Crippen molar-refractivity contribution in [1.29, 1.82) is 0 Å². The molecule has 4 heteroatoms. The van der Waals surface area contributed by atoms with Crippen molar-refractivity contribution >= 4 is 16.7 Å². The Hall–Kier alpha value is -2.36. The molecule has 1 aromatic carbocycles. The van der Waals surface area contributed by atoms with Gasteiger partial charge < -0.3 is 10.3 Å². The molecule has 2 heterocycles. The van der Waals surface area contributed by atoms with Crippen molar-refractivity contribution in [1.82, 2.24) is 14.5 Å². The first-order valence-corrected chi connectivity index (χ1v) is 6.96. The van der Waals surface area contributed by atoms with Crippen LogP contribution in [0.2, 0.25) is 0 Å². The van der Waals surface area contributed by atoms with E-state index in [2.05, 4.69) is 27.8 Å². The van der Waals surface area contributed by atoms with Crippen molar-refractivity contribution in [2.24, 2.45) is 0 Å². The van der Waals surface area contributed by atoms with Gasteiger partial charge in [0.25, 0.3) is 0 Å². The van der Waals surface area contributed by atoms with Gasteiger partial charge in [0.1, 0.15) is 11.3 Å². The second kappa shape index (κ2) is 4.34. The molecule has 100 valence electrons. The molecule has 0 amide bonds. The number of rotatable bonds is 3. The third-order valence-electron chi connectivity index (χ3n) is 3.82. The fourth-order valence-corrected chi connectivity index (χ4v) is 2.68. The number of imidazole rings is 1. The predicted octanol–water partition coefficient (Wildman–Crippen LogP) is 2.94. The van der Waals surface area contributed by atoms with Gasteiger partial charge >= 0.3 is 0 Å². The van der Waals surface area contributed by atoms with Crippen LogP contribution in [0.5, 0.6) is 0 Å². The average molecular weight is 264 g/mol. The van der Waals surface area contributed by atoms with Crippen molar-refractivity contribution in [2.75, 3.05) is 5.73 Å². The molecular formula is C16H16N4. The Morgan fingerprint density at radius 2 is 1.95 bits per heavy atom. The molecule has 4 rings (SSSR count). The minimum atomic E-state index is 0.617. The van der Waals surface area contributed by atoms with E-state index in [0.29, 0.717) is 6.04 Å². The van der Waals surface area contributed by atoms with Gasteiger partial charge in [-0.1, -0.05) is 12.1 Å². The van der Waals surface area contributed by atoms with E-state index >= 15 is 0 Å². The van der Waals surface area contributed by atoms with Crippen molar-refractivity contribution in [3.8, 4) is 0 Å². The molecule has 3 aromatic rings. The molecule has 0 saturated heterocycles. The van der Waals surface area contributed by atoms with Crippen molar-refractivity contribution in [3.63, 3.8) is 0 Å². The van der Waals surface area contributed by atoms with Gasteiger partial charge in [0.05, 0.1) is 11.7 Å². The normalized spacial score (nSPS) is 14.8. The van der Waals surface area contributed by atoms with Crippen LogP contribution in [-0.4, -0.2) is 14.5 Å². The third-order valence-corrected chi connectivity index (χ3v) is 3.82. The van der Waals surface area contributed by atoms with Crippen LogP contribution in [0.15, 0.2) is 42.7 Å². The van der Waals surface area contributed by atoms with E-state index in [1.165, 1.54) is 23.9 Å². The third kappa shape index (κ3) is 1.93. The molecule has 1 aliphatic rings. The predicted molar refractivity (Wildman–Crippen MR) is 79.5 cm³/mol. The SMILES string of the molecule is Nc1ccc(Cc2nc3cnccc3n2C2CC2)cc1. The van der Waals surface area contributed by atoms with E-state index in [4.69, 9.17) is 10.7 Å². The van der Waals surface area contributed by atoms with Gasteiger partial charge in [-0.2, -0.15) is 0 Å². The molecule has 20 heavy (non-hydrogen) atoms. The Morgan fingerprint density at radius 3 is 2.70 bits per heavy atom. The number of pyridine rings is 1. The lowest BCUT2D eigenvalue weighted by Gasteiger charge is -2.07. The van der Waals surface area contributed by atoms with E-state index in [1.54, 1.807) is 0 Å². The van der Waals surface area contributed by atoms with Crippen LogP contribution in [0.3, 0.4) is 0 Å². The molecule has 4 nitrogen and oxygen atoms in total. The van der Waals surface area contributed by atoms with Crippen LogP contribution >= 0.6 is 0 Å². The lowest BCUT2D eigenvalue weighted by molar-refractivity contribution is 0.715. The molecule has 1 saturated carbocycles. The summed E-state index contributed by atoms with van der Waals surface area (Å²) in [5, 5.41) is 0. The zero-order valence-electron chi connectivity index (χ0n) is 11.2. The fraction of sp³-hybridized carbons (Fsp3) is 0.250. The highest BCUT2D eigenvalue weighted by Gasteiger charge is 2.28. The number of hydrogen-bond donors (Lipinski definition) is 1. The summed E-state index contributed by atoms with van der Waals surface area (Å²) in [6, 6.07) is 10.7. The topological polar surface area (TPSA) is 56.7 Å². The molecular weight excluding hydrogens is 248 g/mol. The minimum Gasteiger partial charge on any atom is -0.399 e. The van der Waals surface area contributed by atoms with Crippen LogP contribution in [0, 0.1) is 0 Å². The number of aromatic nitrogens is 3. The summed E-state index contributed by atoms with van der Waals surface area (Å²) < 4.78 is 2.38. The van der Waals surface area contributed by atoms with Gasteiger partial charge in [-0.05, 0) is 36.6 Å². The number of hydrogen-bond acceptors (Lipinski definition) is 3. The highest BCUT2D eigenvalue weighted by atomic mass is 15.1. The summed E-state index contributed by atoms with van der Waals surface area (Å²) in [5.41, 5.74) is 9.97. The number of fused-ring (bicyclic) bond motifs is 1. The lowest BCUT2D eigenvalue weighted by Crippen LogP contribution is -2.02. The van der Waals surface area contributed by atoms with Crippen molar-refractivity contribution in [2.45, 2.75) is 25.3 Å². The molecule has 2 aromatic heterocycles. The summed E-state index contributed by atoms with van der Waals surface area (Å²) in [6.07, 6.45) is 7.03. The minimum absolute atomic E-state index is 0.617. The van der Waals surface area contributed by atoms with Crippen molar-refractivity contribution < 1.29 is 0 Å². The van der Waals surface area contributed by atoms with Gasteiger partial charge in [-0.3, -0.25) is 4.98 Å². The summed E-state index contributed by atoms with van der Waals surface area (Å²) in [7, 11) is 0. The Balaban J connectivity index is 1.78. The van der Waals surface area contributed by atoms with Gasteiger partial charge in [-0.25, -0.2) is 4.98 Å². The van der Waals surface area contributed by atoms with Crippen LogP contribution in [-0.2, 0) is 6.42 Å². The summed E-state index contributed by atoms with van der Waals surface area (Å²) >= 11 is 0. The Morgan fingerprint density at radius 1 is 1.15 bits per heavy atom. The first-order chi connectivity index (χ1) is 9.81. The molecule has 2 N–H and O–H groups in total. The zero-order valence-corrected chi connectivity index (χ0v) is 11.2. The maximum atomic E-state index is 5.74. The second-order valence-electron chi connectivity index (χ2n) is 5.41. The average Bonchev–Trinajstić information content (AvgIpc) is 3.23. The molecule has 1 aliphatic carbocycles. The highest BCUT2D eigenvalue weighted by Crippen LogP contribution is 2.38. The number of nitrogens with zero attached hydrogens (tertiary/aromatic N) is 3. The lowest BCUT2D eigenvalue weighted by atomic mass is 10.1. The van der Waals surface area contributed by atoms with E-state index in [9.17, 15) is 0 Å². The van der Waals surface area contributed by atoms with E-state index < -0.39 is 0 Å². The monoisotopic (exact) mass is 264 g/mol. The molecule has 0 atom stereocenters. The van der Waals surface area contributed by atoms with Gasteiger partial charge in [0.15, 0.2) is 0 Å².